The summed E-state index contributed by atoms with van der Waals surface area (Å²) < 4.78 is 13.0. The summed E-state index contributed by atoms with van der Waals surface area (Å²) in [6.45, 7) is 0. The standard InChI is InChI=1S/C15H24O2S4/c18-14(16-12-7-3-1-4-8-12)20-11-21-15(19)17-13-9-5-2-6-10-13/h12-13H,1-11H2. The van der Waals surface area contributed by atoms with Crippen molar-refractivity contribution in [2.75, 3.05) is 5.08 Å². The third kappa shape index (κ3) is 7.53. The molecule has 0 radical (unpaired) electrons. The zero-order valence-corrected chi connectivity index (χ0v) is 15.6. The van der Waals surface area contributed by atoms with E-state index >= 15 is 0 Å². The molecule has 0 aromatic heterocycles. The fourth-order valence-electron chi connectivity index (χ4n) is 2.83. The van der Waals surface area contributed by atoms with Crippen LogP contribution in [0.4, 0.5) is 0 Å². The summed E-state index contributed by atoms with van der Waals surface area (Å²) in [7, 11) is 0. The molecule has 2 saturated carbocycles. The van der Waals surface area contributed by atoms with Crippen LogP contribution in [0, 0.1) is 0 Å². The molecule has 2 fully saturated rings. The lowest BCUT2D eigenvalue weighted by atomic mass is 9.98. The Morgan fingerprint density at radius 1 is 0.714 bits per heavy atom. The molecular weight excluding hydrogens is 340 g/mol. The second-order valence-corrected chi connectivity index (χ2v) is 9.18. The van der Waals surface area contributed by atoms with Gasteiger partial charge in [-0.05, 0) is 75.8 Å². The maximum atomic E-state index is 5.82. The van der Waals surface area contributed by atoms with Gasteiger partial charge in [-0.3, -0.25) is 0 Å². The average Bonchev–Trinajstić information content (AvgIpc) is 2.49. The molecule has 0 bridgehead atoms. The van der Waals surface area contributed by atoms with Crippen LogP contribution in [0.25, 0.3) is 0 Å². The Labute approximate surface area is 147 Å². The van der Waals surface area contributed by atoms with E-state index in [4.69, 9.17) is 33.9 Å². The van der Waals surface area contributed by atoms with E-state index in [2.05, 4.69) is 0 Å². The Morgan fingerprint density at radius 2 is 1.10 bits per heavy atom. The first-order valence-electron chi connectivity index (χ1n) is 7.91. The largest absolute Gasteiger partial charge is 0.475 e. The molecule has 2 rings (SSSR count). The molecule has 2 aliphatic carbocycles. The summed E-state index contributed by atoms with van der Waals surface area (Å²) in [4.78, 5) is 0. The van der Waals surface area contributed by atoms with Crippen LogP contribution in [0.15, 0.2) is 0 Å². The van der Waals surface area contributed by atoms with E-state index in [1.165, 1.54) is 38.5 Å². The van der Waals surface area contributed by atoms with E-state index in [0.29, 0.717) is 21.0 Å². The van der Waals surface area contributed by atoms with Gasteiger partial charge in [-0.25, -0.2) is 0 Å². The van der Waals surface area contributed by atoms with Crippen molar-refractivity contribution in [1.29, 1.82) is 0 Å². The molecule has 0 aliphatic heterocycles. The molecule has 0 unspecified atom stereocenters. The molecule has 0 aromatic carbocycles. The van der Waals surface area contributed by atoms with Crippen molar-refractivity contribution in [3.8, 4) is 0 Å². The van der Waals surface area contributed by atoms with Gasteiger partial charge >= 0.3 is 0 Å². The Hall–Kier alpha value is 0.480. The van der Waals surface area contributed by atoms with Crippen molar-refractivity contribution < 1.29 is 9.47 Å². The molecule has 2 aliphatic rings. The van der Waals surface area contributed by atoms with Gasteiger partial charge in [0.2, 0.25) is 8.77 Å². The SMILES string of the molecule is S=C(OC1CCCCC1)SCSC(=S)OC1CCCCC1. The minimum Gasteiger partial charge on any atom is -0.475 e. The van der Waals surface area contributed by atoms with Crippen LogP contribution >= 0.6 is 48.0 Å². The molecule has 0 aromatic rings. The van der Waals surface area contributed by atoms with E-state index < -0.39 is 0 Å². The third-order valence-corrected chi connectivity index (χ3v) is 6.49. The van der Waals surface area contributed by atoms with E-state index in [-0.39, 0.29) is 0 Å². The van der Waals surface area contributed by atoms with Crippen molar-refractivity contribution in [2.24, 2.45) is 0 Å². The zero-order chi connectivity index (χ0) is 14.9. The van der Waals surface area contributed by atoms with Gasteiger partial charge in [0.1, 0.15) is 12.2 Å². The van der Waals surface area contributed by atoms with E-state index in [9.17, 15) is 0 Å². The van der Waals surface area contributed by atoms with Gasteiger partial charge in [-0.15, -0.1) is 0 Å². The Kier molecular flexibility index (Phi) is 8.74. The molecular formula is C15H24O2S4. The van der Waals surface area contributed by atoms with Crippen molar-refractivity contribution >= 4 is 56.7 Å². The van der Waals surface area contributed by atoms with Gasteiger partial charge in [-0.1, -0.05) is 36.4 Å². The topological polar surface area (TPSA) is 18.5 Å². The van der Waals surface area contributed by atoms with E-state index in [1.807, 2.05) is 0 Å². The highest BCUT2D eigenvalue weighted by atomic mass is 32.2. The molecule has 0 saturated heterocycles. The number of thioether (sulfide) groups is 2. The maximum absolute atomic E-state index is 5.82. The monoisotopic (exact) mass is 364 g/mol. The molecule has 120 valence electrons. The highest BCUT2D eigenvalue weighted by Crippen LogP contribution is 2.26. The van der Waals surface area contributed by atoms with Gasteiger partial charge in [0.05, 0.1) is 5.08 Å². The van der Waals surface area contributed by atoms with Crippen molar-refractivity contribution in [1.82, 2.24) is 0 Å². The fraction of sp³-hybridized carbons (Fsp3) is 0.867. The zero-order valence-electron chi connectivity index (χ0n) is 12.4. The summed E-state index contributed by atoms with van der Waals surface area (Å²) >= 11 is 13.7. The normalized spacial score (nSPS) is 21.0. The van der Waals surface area contributed by atoms with Crippen LogP contribution in [-0.2, 0) is 9.47 Å². The lowest BCUT2D eigenvalue weighted by Gasteiger charge is -2.23. The van der Waals surface area contributed by atoms with Crippen LogP contribution in [0.3, 0.4) is 0 Å². The second-order valence-electron chi connectivity index (χ2n) is 5.66. The summed E-state index contributed by atoms with van der Waals surface area (Å²) in [5, 5.41) is 0.789. The second kappa shape index (κ2) is 10.3. The summed E-state index contributed by atoms with van der Waals surface area (Å²) in [6, 6.07) is 0. The minimum absolute atomic E-state index is 0.342. The predicted molar refractivity (Wildman–Crippen MR) is 101 cm³/mol. The van der Waals surface area contributed by atoms with Gasteiger partial charge in [-0.2, -0.15) is 0 Å². The lowest BCUT2D eigenvalue weighted by molar-refractivity contribution is 0.153. The molecule has 2 nitrogen and oxygen atoms in total. The third-order valence-electron chi connectivity index (χ3n) is 3.98. The Bertz CT molecular complexity index is 305. The first-order valence-corrected chi connectivity index (χ1v) is 10.7. The van der Waals surface area contributed by atoms with Gasteiger partial charge in [0, 0.05) is 0 Å². The molecule has 0 amide bonds. The molecule has 21 heavy (non-hydrogen) atoms. The van der Waals surface area contributed by atoms with Gasteiger partial charge in [0.25, 0.3) is 0 Å². The molecule has 6 heteroatoms. The van der Waals surface area contributed by atoms with Crippen LogP contribution in [0.2, 0.25) is 0 Å². The maximum Gasteiger partial charge on any atom is 0.221 e. The summed E-state index contributed by atoms with van der Waals surface area (Å²) in [5.74, 6) is 0. The van der Waals surface area contributed by atoms with Crippen molar-refractivity contribution in [2.45, 2.75) is 76.4 Å². The Balaban J connectivity index is 1.53. The summed E-state index contributed by atoms with van der Waals surface area (Å²) in [5.41, 5.74) is 0. The number of ether oxygens (including phenoxy) is 2. The van der Waals surface area contributed by atoms with Crippen LogP contribution in [0.5, 0.6) is 0 Å². The first kappa shape index (κ1) is 17.8. The average molecular weight is 365 g/mol. The number of hydrogen-bond donors (Lipinski definition) is 0. The van der Waals surface area contributed by atoms with E-state index in [1.54, 1.807) is 23.5 Å². The van der Waals surface area contributed by atoms with Crippen LogP contribution in [-0.4, -0.2) is 26.1 Å². The molecule has 0 spiro atoms. The van der Waals surface area contributed by atoms with Crippen LogP contribution < -0.4 is 0 Å². The number of hydrogen-bond acceptors (Lipinski definition) is 6. The number of thiocarbonyl (C=S) groups is 2. The van der Waals surface area contributed by atoms with Crippen molar-refractivity contribution in [3.63, 3.8) is 0 Å². The van der Waals surface area contributed by atoms with Gasteiger partial charge in [0.15, 0.2) is 0 Å². The van der Waals surface area contributed by atoms with Crippen LogP contribution in [0.1, 0.15) is 64.2 Å². The molecule has 0 N–H and O–H groups in total. The molecule has 0 atom stereocenters. The lowest BCUT2D eigenvalue weighted by Crippen LogP contribution is -2.19. The number of rotatable bonds is 4. The summed E-state index contributed by atoms with van der Waals surface area (Å²) in [6.07, 6.45) is 13.0. The van der Waals surface area contributed by atoms with Crippen molar-refractivity contribution in [3.05, 3.63) is 0 Å². The highest BCUT2D eigenvalue weighted by molar-refractivity contribution is 8.35. The quantitative estimate of drug-likeness (QED) is 0.468. The minimum atomic E-state index is 0.342. The van der Waals surface area contributed by atoms with Gasteiger partial charge < -0.3 is 9.47 Å². The smallest absolute Gasteiger partial charge is 0.221 e. The molecule has 0 heterocycles. The predicted octanol–water partition coefficient (Wildman–Crippen LogP) is 5.68. The fourth-order valence-corrected chi connectivity index (χ4v) is 5.38. The Morgan fingerprint density at radius 3 is 1.48 bits per heavy atom. The first-order chi connectivity index (χ1) is 10.2. The van der Waals surface area contributed by atoms with E-state index in [0.717, 1.165) is 30.8 Å². The highest BCUT2D eigenvalue weighted by Gasteiger charge is 2.18.